The van der Waals surface area contributed by atoms with E-state index in [1.54, 1.807) is 36.4 Å². The number of carboxylic acids is 1. The van der Waals surface area contributed by atoms with Gasteiger partial charge in [-0.3, -0.25) is 0 Å². The van der Waals surface area contributed by atoms with Gasteiger partial charge in [0.25, 0.3) is 0 Å². The lowest BCUT2D eigenvalue weighted by Crippen LogP contribution is -2.02. The van der Waals surface area contributed by atoms with Gasteiger partial charge in [0.05, 0.1) is 17.3 Å². The molecule has 0 radical (unpaired) electrons. The molecule has 0 aliphatic rings. The first-order chi connectivity index (χ1) is 14.1. The SMILES string of the molecule is O=C(O)c1nnn(-c2ccc3noc(-c4ccc(Cl)cc4)c3c2)c1-c1ccco1. The Kier molecular flexibility index (Phi) is 3.92. The van der Waals surface area contributed by atoms with E-state index >= 15 is 0 Å². The molecule has 0 atom stereocenters. The number of carbonyl (C=O) groups is 1. The van der Waals surface area contributed by atoms with E-state index in [1.165, 1.54) is 10.9 Å². The summed E-state index contributed by atoms with van der Waals surface area (Å²) in [6.07, 6.45) is 1.46. The molecule has 0 unspecified atom stereocenters. The predicted octanol–water partition coefficient (Wildman–Crippen LogP) is 4.69. The van der Waals surface area contributed by atoms with Crippen LogP contribution in [0, 0.1) is 0 Å². The van der Waals surface area contributed by atoms with Gasteiger partial charge in [-0.05, 0) is 54.6 Å². The average Bonchev–Trinajstić information content (AvgIpc) is 3.46. The van der Waals surface area contributed by atoms with Crippen LogP contribution in [-0.4, -0.2) is 31.2 Å². The Hall–Kier alpha value is -3.91. The molecule has 0 spiro atoms. The van der Waals surface area contributed by atoms with Gasteiger partial charge in [-0.2, -0.15) is 0 Å². The topological polar surface area (TPSA) is 107 Å². The summed E-state index contributed by atoms with van der Waals surface area (Å²) < 4.78 is 12.3. The average molecular weight is 407 g/mol. The molecule has 5 aromatic rings. The van der Waals surface area contributed by atoms with Crippen LogP contribution in [0.4, 0.5) is 0 Å². The summed E-state index contributed by atoms with van der Waals surface area (Å²) in [5, 5.41) is 22.8. The second-order valence-electron chi connectivity index (χ2n) is 6.20. The number of aromatic nitrogens is 4. The van der Waals surface area contributed by atoms with E-state index in [0.717, 1.165) is 10.9 Å². The van der Waals surface area contributed by atoms with E-state index < -0.39 is 5.97 Å². The molecule has 5 rings (SSSR count). The maximum absolute atomic E-state index is 11.6. The van der Waals surface area contributed by atoms with Crippen LogP contribution < -0.4 is 0 Å². The summed E-state index contributed by atoms with van der Waals surface area (Å²) in [5.41, 5.74) is 2.08. The van der Waals surface area contributed by atoms with Gasteiger partial charge in [0.15, 0.2) is 11.5 Å². The smallest absolute Gasteiger partial charge is 0.358 e. The van der Waals surface area contributed by atoms with Crippen LogP contribution in [0.5, 0.6) is 0 Å². The standard InChI is InChI=1S/C20H11ClN4O4/c21-12-5-3-11(4-6-12)19-14-10-13(7-8-15(14)23-29-19)25-18(16-2-1-9-28-16)17(20(26)27)22-24-25/h1-10H,(H,26,27). The number of nitrogens with zero attached hydrogens (tertiary/aromatic N) is 4. The Balaban J connectivity index is 1.70. The highest BCUT2D eigenvalue weighted by molar-refractivity contribution is 6.30. The molecule has 9 heteroatoms. The fourth-order valence-corrected chi connectivity index (χ4v) is 3.24. The summed E-state index contributed by atoms with van der Waals surface area (Å²) in [6, 6.07) is 15.8. The quantitative estimate of drug-likeness (QED) is 0.461. The van der Waals surface area contributed by atoms with Crippen molar-refractivity contribution in [2.45, 2.75) is 0 Å². The molecule has 8 nitrogen and oxygen atoms in total. The van der Waals surface area contributed by atoms with Crippen LogP contribution >= 0.6 is 11.6 Å². The second kappa shape index (κ2) is 6.61. The molecule has 0 bridgehead atoms. The monoisotopic (exact) mass is 406 g/mol. The van der Waals surface area contributed by atoms with Crippen LogP contribution in [0.3, 0.4) is 0 Å². The lowest BCUT2D eigenvalue weighted by Gasteiger charge is -2.05. The summed E-state index contributed by atoms with van der Waals surface area (Å²) in [6.45, 7) is 0. The van der Waals surface area contributed by atoms with Gasteiger partial charge in [0.1, 0.15) is 11.2 Å². The van der Waals surface area contributed by atoms with Crippen LogP contribution in [0.1, 0.15) is 10.5 Å². The highest BCUT2D eigenvalue weighted by Gasteiger charge is 2.24. The lowest BCUT2D eigenvalue weighted by molar-refractivity contribution is 0.0691. The minimum Gasteiger partial charge on any atom is -0.476 e. The van der Waals surface area contributed by atoms with Crippen molar-refractivity contribution in [2.24, 2.45) is 0 Å². The van der Waals surface area contributed by atoms with E-state index in [2.05, 4.69) is 15.5 Å². The van der Waals surface area contributed by atoms with Crippen molar-refractivity contribution in [3.63, 3.8) is 0 Å². The van der Waals surface area contributed by atoms with Gasteiger partial charge in [-0.15, -0.1) is 5.10 Å². The fourth-order valence-electron chi connectivity index (χ4n) is 3.11. The van der Waals surface area contributed by atoms with Crippen molar-refractivity contribution >= 4 is 28.5 Å². The van der Waals surface area contributed by atoms with E-state index in [9.17, 15) is 9.90 Å². The molecule has 0 aliphatic heterocycles. The zero-order valence-corrected chi connectivity index (χ0v) is 15.4. The lowest BCUT2D eigenvalue weighted by atomic mass is 10.1. The molecular weight excluding hydrogens is 396 g/mol. The number of carboxylic acid groups (broad SMARTS) is 1. The predicted molar refractivity (Wildman–Crippen MR) is 104 cm³/mol. The Morgan fingerprint density at radius 3 is 2.66 bits per heavy atom. The first kappa shape index (κ1) is 17.2. The third kappa shape index (κ3) is 2.86. The van der Waals surface area contributed by atoms with Crippen molar-refractivity contribution in [2.75, 3.05) is 0 Å². The van der Waals surface area contributed by atoms with Gasteiger partial charge in [-0.25, -0.2) is 9.48 Å². The summed E-state index contributed by atoms with van der Waals surface area (Å²) in [4.78, 5) is 11.6. The molecule has 142 valence electrons. The number of furan rings is 1. The molecule has 29 heavy (non-hydrogen) atoms. The van der Waals surface area contributed by atoms with E-state index in [-0.39, 0.29) is 11.4 Å². The van der Waals surface area contributed by atoms with Crippen molar-refractivity contribution in [1.29, 1.82) is 0 Å². The molecule has 3 aromatic heterocycles. The molecule has 0 fully saturated rings. The van der Waals surface area contributed by atoms with E-state index in [4.69, 9.17) is 20.5 Å². The first-order valence-electron chi connectivity index (χ1n) is 8.50. The maximum atomic E-state index is 11.6. The van der Waals surface area contributed by atoms with Gasteiger partial charge in [0.2, 0.25) is 5.69 Å². The Morgan fingerprint density at radius 2 is 1.93 bits per heavy atom. The fraction of sp³-hybridized carbons (Fsp3) is 0. The highest BCUT2D eigenvalue weighted by atomic mass is 35.5. The van der Waals surface area contributed by atoms with Crippen LogP contribution in [-0.2, 0) is 0 Å². The Morgan fingerprint density at radius 1 is 1.10 bits per heavy atom. The van der Waals surface area contributed by atoms with Gasteiger partial charge < -0.3 is 14.0 Å². The van der Waals surface area contributed by atoms with Crippen LogP contribution in [0.25, 0.3) is 39.4 Å². The summed E-state index contributed by atoms with van der Waals surface area (Å²) in [7, 11) is 0. The normalized spacial score (nSPS) is 11.2. The summed E-state index contributed by atoms with van der Waals surface area (Å²) in [5.74, 6) is -0.289. The minimum absolute atomic E-state index is 0.205. The van der Waals surface area contributed by atoms with Crippen LogP contribution in [0.15, 0.2) is 69.8 Å². The summed E-state index contributed by atoms with van der Waals surface area (Å²) >= 11 is 5.97. The zero-order valence-electron chi connectivity index (χ0n) is 14.6. The van der Waals surface area contributed by atoms with Gasteiger partial charge in [0, 0.05) is 10.6 Å². The van der Waals surface area contributed by atoms with Crippen molar-refractivity contribution in [1.82, 2.24) is 20.2 Å². The molecule has 0 aliphatic carbocycles. The first-order valence-corrected chi connectivity index (χ1v) is 8.88. The van der Waals surface area contributed by atoms with Gasteiger partial charge >= 0.3 is 5.97 Å². The van der Waals surface area contributed by atoms with Crippen molar-refractivity contribution < 1.29 is 18.8 Å². The highest BCUT2D eigenvalue weighted by Crippen LogP contribution is 2.32. The Bertz CT molecular complexity index is 1340. The molecule has 3 heterocycles. The number of hydrogen-bond donors (Lipinski definition) is 1. The molecule has 0 saturated heterocycles. The van der Waals surface area contributed by atoms with Crippen LogP contribution in [0.2, 0.25) is 5.02 Å². The minimum atomic E-state index is -1.20. The molecular formula is C20H11ClN4O4. The zero-order chi connectivity index (χ0) is 20.0. The third-order valence-corrected chi connectivity index (χ3v) is 4.69. The Labute approximate surface area is 167 Å². The maximum Gasteiger partial charge on any atom is 0.358 e. The molecule has 0 saturated carbocycles. The second-order valence-corrected chi connectivity index (χ2v) is 6.64. The largest absolute Gasteiger partial charge is 0.476 e. The van der Waals surface area contributed by atoms with E-state index in [1.807, 2.05) is 18.2 Å². The molecule has 2 aromatic carbocycles. The number of fused-ring (bicyclic) bond motifs is 1. The number of aromatic carboxylic acids is 1. The van der Waals surface area contributed by atoms with Crippen molar-refractivity contribution in [3.05, 3.63) is 71.6 Å². The number of halogens is 1. The third-order valence-electron chi connectivity index (χ3n) is 4.44. The number of hydrogen-bond acceptors (Lipinski definition) is 6. The van der Waals surface area contributed by atoms with Crippen molar-refractivity contribution in [3.8, 4) is 28.5 Å². The molecule has 0 amide bonds. The number of benzene rings is 2. The van der Waals surface area contributed by atoms with E-state index in [0.29, 0.717) is 27.7 Å². The van der Waals surface area contributed by atoms with Gasteiger partial charge in [-0.1, -0.05) is 22.0 Å². The molecule has 1 N–H and O–H groups in total. The number of rotatable bonds is 4.